The Morgan fingerprint density at radius 1 is 1.40 bits per heavy atom. The molecular formula is C12H20N2O. The second-order valence-corrected chi connectivity index (χ2v) is 3.88. The summed E-state index contributed by atoms with van der Waals surface area (Å²) in [7, 11) is 0. The Hall–Kier alpha value is -1.06. The molecule has 4 N–H and O–H groups in total. The minimum Gasteiger partial charge on any atom is -0.399 e. The second-order valence-electron chi connectivity index (χ2n) is 3.88. The first kappa shape index (κ1) is 12.0. The average molecular weight is 208 g/mol. The van der Waals surface area contributed by atoms with E-state index >= 15 is 0 Å². The number of hydrogen-bond donors (Lipinski definition) is 3. The SMILES string of the molecule is CCC(C)NCc1cc(N)ccc1CO. The molecule has 0 saturated heterocycles. The van der Waals surface area contributed by atoms with Gasteiger partial charge in [-0.1, -0.05) is 13.0 Å². The van der Waals surface area contributed by atoms with Crippen LogP contribution in [0.1, 0.15) is 31.4 Å². The number of nitrogens with two attached hydrogens (primary N) is 1. The van der Waals surface area contributed by atoms with E-state index in [1.165, 1.54) is 0 Å². The van der Waals surface area contributed by atoms with Crippen LogP contribution in [0.3, 0.4) is 0 Å². The molecule has 1 aromatic rings. The summed E-state index contributed by atoms with van der Waals surface area (Å²) in [4.78, 5) is 0. The van der Waals surface area contributed by atoms with Gasteiger partial charge in [-0.2, -0.15) is 0 Å². The number of benzene rings is 1. The predicted molar refractivity (Wildman–Crippen MR) is 63.4 cm³/mol. The van der Waals surface area contributed by atoms with Crippen molar-refractivity contribution < 1.29 is 5.11 Å². The summed E-state index contributed by atoms with van der Waals surface area (Å²) >= 11 is 0. The molecule has 0 radical (unpaired) electrons. The van der Waals surface area contributed by atoms with Gasteiger partial charge in [0.2, 0.25) is 0 Å². The van der Waals surface area contributed by atoms with E-state index in [2.05, 4.69) is 19.2 Å². The second kappa shape index (κ2) is 5.73. The highest BCUT2D eigenvalue weighted by Gasteiger charge is 2.03. The molecular weight excluding hydrogens is 188 g/mol. The number of aliphatic hydroxyl groups excluding tert-OH is 1. The highest BCUT2D eigenvalue weighted by atomic mass is 16.3. The summed E-state index contributed by atoms with van der Waals surface area (Å²) in [5.74, 6) is 0. The van der Waals surface area contributed by atoms with Gasteiger partial charge in [-0.05, 0) is 36.6 Å². The van der Waals surface area contributed by atoms with Gasteiger partial charge in [0.05, 0.1) is 6.61 Å². The molecule has 1 unspecified atom stereocenters. The Morgan fingerprint density at radius 2 is 2.13 bits per heavy atom. The van der Waals surface area contributed by atoms with E-state index in [-0.39, 0.29) is 6.61 Å². The van der Waals surface area contributed by atoms with Gasteiger partial charge < -0.3 is 16.2 Å². The molecule has 3 nitrogen and oxygen atoms in total. The van der Waals surface area contributed by atoms with Crippen molar-refractivity contribution in [3.05, 3.63) is 29.3 Å². The van der Waals surface area contributed by atoms with Crippen molar-refractivity contribution in [2.24, 2.45) is 0 Å². The Balaban J connectivity index is 2.69. The maximum absolute atomic E-state index is 9.16. The van der Waals surface area contributed by atoms with E-state index in [4.69, 9.17) is 10.8 Å². The molecule has 15 heavy (non-hydrogen) atoms. The molecule has 3 heteroatoms. The van der Waals surface area contributed by atoms with E-state index in [9.17, 15) is 0 Å². The third-order valence-electron chi connectivity index (χ3n) is 2.65. The van der Waals surface area contributed by atoms with E-state index in [1.807, 2.05) is 18.2 Å². The first-order valence-corrected chi connectivity index (χ1v) is 5.38. The van der Waals surface area contributed by atoms with Crippen molar-refractivity contribution in [3.8, 4) is 0 Å². The summed E-state index contributed by atoms with van der Waals surface area (Å²) in [6.45, 7) is 5.11. The molecule has 0 heterocycles. The lowest BCUT2D eigenvalue weighted by atomic mass is 10.1. The van der Waals surface area contributed by atoms with E-state index < -0.39 is 0 Å². The number of hydrogen-bond acceptors (Lipinski definition) is 3. The summed E-state index contributed by atoms with van der Waals surface area (Å²) in [6.07, 6.45) is 1.09. The quantitative estimate of drug-likeness (QED) is 0.645. The third-order valence-corrected chi connectivity index (χ3v) is 2.65. The Morgan fingerprint density at radius 3 is 2.73 bits per heavy atom. The number of nitrogens with one attached hydrogen (secondary N) is 1. The molecule has 1 aromatic carbocycles. The van der Waals surface area contributed by atoms with Crippen molar-refractivity contribution in [1.82, 2.24) is 5.32 Å². The molecule has 0 aromatic heterocycles. The highest BCUT2D eigenvalue weighted by Crippen LogP contribution is 2.13. The monoisotopic (exact) mass is 208 g/mol. The summed E-state index contributed by atoms with van der Waals surface area (Å²) in [5, 5.41) is 12.5. The van der Waals surface area contributed by atoms with Gasteiger partial charge in [0.1, 0.15) is 0 Å². The van der Waals surface area contributed by atoms with Crippen LogP contribution < -0.4 is 11.1 Å². The number of anilines is 1. The van der Waals surface area contributed by atoms with Gasteiger partial charge in [-0.25, -0.2) is 0 Å². The largest absolute Gasteiger partial charge is 0.399 e. The molecule has 0 aliphatic rings. The van der Waals surface area contributed by atoms with Crippen molar-refractivity contribution in [3.63, 3.8) is 0 Å². The van der Waals surface area contributed by atoms with E-state index in [0.717, 1.165) is 29.8 Å². The zero-order valence-corrected chi connectivity index (χ0v) is 9.46. The first-order valence-electron chi connectivity index (χ1n) is 5.38. The molecule has 0 bridgehead atoms. The van der Waals surface area contributed by atoms with Gasteiger partial charge in [0.15, 0.2) is 0 Å². The predicted octanol–water partition coefficient (Wildman–Crippen LogP) is 1.65. The molecule has 0 amide bonds. The smallest absolute Gasteiger partial charge is 0.0685 e. The topological polar surface area (TPSA) is 58.3 Å². The van der Waals surface area contributed by atoms with Crippen LogP contribution in [0.15, 0.2) is 18.2 Å². The Kier molecular flexibility index (Phi) is 4.59. The zero-order chi connectivity index (χ0) is 11.3. The van der Waals surface area contributed by atoms with Crippen LogP contribution in [-0.2, 0) is 13.2 Å². The fraction of sp³-hybridized carbons (Fsp3) is 0.500. The van der Waals surface area contributed by atoms with Crippen molar-refractivity contribution in [2.45, 2.75) is 39.5 Å². The Labute approximate surface area is 91.3 Å². The minimum absolute atomic E-state index is 0.0673. The average Bonchev–Trinajstić information content (AvgIpc) is 2.26. The lowest BCUT2D eigenvalue weighted by Gasteiger charge is -2.14. The highest BCUT2D eigenvalue weighted by molar-refractivity contribution is 5.44. The van der Waals surface area contributed by atoms with Crippen molar-refractivity contribution in [1.29, 1.82) is 0 Å². The number of aliphatic hydroxyl groups is 1. The first-order chi connectivity index (χ1) is 7.17. The lowest BCUT2D eigenvalue weighted by molar-refractivity contribution is 0.280. The van der Waals surface area contributed by atoms with Crippen LogP contribution in [0.4, 0.5) is 5.69 Å². The van der Waals surface area contributed by atoms with Crippen LogP contribution in [0.25, 0.3) is 0 Å². The van der Waals surface area contributed by atoms with Gasteiger partial charge in [0, 0.05) is 18.3 Å². The molecule has 1 atom stereocenters. The van der Waals surface area contributed by atoms with Crippen LogP contribution in [0.5, 0.6) is 0 Å². The maximum atomic E-state index is 9.16. The summed E-state index contributed by atoms with van der Waals surface area (Å²) in [6, 6.07) is 6.10. The minimum atomic E-state index is 0.0673. The normalized spacial score (nSPS) is 12.7. The molecule has 1 rings (SSSR count). The number of nitrogen functional groups attached to an aromatic ring is 1. The summed E-state index contributed by atoms with van der Waals surface area (Å²) in [5.41, 5.74) is 8.48. The third kappa shape index (κ3) is 3.53. The maximum Gasteiger partial charge on any atom is 0.0685 e. The number of rotatable bonds is 5. The van der Waals surface area contributed by atoms with Crippen LogP contribution >= 0.6 is 0 Å². The molecule has 84 valence electrons. The van der Waals surface area contributed by atoms with Crippen LogP contribution in [0.2, 0.25) is 0 Å². The van der Waals surface area contributed by atoms with Gasteiger partial charge in [-0.15, -0.1) is 0 Å². The van der Waals surface area contributed by atoms with Crippen LogP contribution in [-0.4, -0.2) is 11.1 Å². The van der Waals surface area contributed by atoms with Gasteiger partial charge >= 0.3 is 0 Å². The van der Waals surface area contributed by atoms with Crippen molar-refractivity contribution in [2.75, 3.05) is 5.73 Å². The van der Waals surface area contributed by atoms with Gasteiger partial charge in [0.25, 0.3) is 0 Å². The van der Waals surface area contributed by atoms with Gasteiger partial charge in [-0.3, -0.25) is 0 Å². The molecule has 0 aliphatic carbocycles. The molecule has 0 aliphatic heterocycles. The van der Waals surface area contributed by atoms with E-state index in [1.54, 1.807) is 0 Å². The lowest BCUT2D eigenvalue weighted by Crippen LogP contribution is -2.25. The molecule has 0 fully saturated rings. The van der Waals surface area contributed by atoms with Crippen molar-refractivity contribution >= 4 is 5.69 Å². The Bertz CT molecular complexity index is 312. The van der Waals surface area contributed by atoms with E-state index in [0.29, 0.717) is 6.04 Å². The molecule has 0 saturated carbocycles. The zero-order valence-electron chi connectivity index (χ0n) is 9.46. The standard InChI is InChI=1S/C12H20N2O/c1-3-9(2)14-7-11-6-12(13)5-4-10(11)8-15/h4-6,9,14-15H,3,7-8,13H2,1-2H3. The van der Waals surface area contributed by atoms with Crippen LogP contribution in [0, 0.1) is 0 Å². The fourth-order valence-electron chi connectivity index (χ4n) is 1.39. The fourth-order valence-corrected chi connectivity index (χ4v) is 1.39. The summed E-state index contributed by atoms with van der Waals surface area (Å²) < 4.78 is 0. The molecule has 0 spiro atoms.